The SMILES string of the molecule is CCNS(=O)(=O)c1cccc(C(=O)N(C)Cc2cccc(OC)c2OC)c1. The molecule has 2 aromatic rings. The number of ether oxygens (including phenoxy) is 2. The Morgan fingerprint density at radius 3 is 2.44 bits per heavy atom. The second-order valence-corrected chi connectivity index (χ2v) is 7.61. The first-order valence-electron chi connectivity index (χ1n) is 8.39. The Morgan fingerprint density at radius 2 is 1.81 bits per heavy atom. The van der Waals surface area contributed by atoms with Crippen LogP contribution in [0, 0.1) is 0 Å². The molecule has 0 aromatic heterocycles. The van der Waals surface area contributed by atoms with Crippen LogP contribution in [0.25, 0.3) is 0 Å². The molecular formula is C19H24N2O5S. The van der Waals surface area contributed by atoms with Gasteiger partial charge in [0, 0.05) is 31.3 Å². The Balaban J connectivity index is 2.26. The topological polar surface area (TPSA) is 84.9 Å². The van der Waals surface area contributed by atoms with Crippen molar-refractivity contribution >= 4 is 15.9 Å². The van der Waals surface area contributed by atoms with Gasteiger partial charge in [-0.05, 0) is 24.3 Å². The molecule has 0 saturated carbocycles. The van der Waals surface area contributed by atoms with Crippen LogP contribution in [0.5, 0.6) is 11.5 Å². The first kappa shape index (κ1) is 20.7. The van der Waals surface area contributed by atoms with E-state index in [9.17, 15) is 13.2 Å². The molecule has 0 spiro atoms. The standard InChI is InChI=1S/C19H24N2O5S/c1-5-20-27(23,24)16-10-6-8-14(12-16)19(22)21(2)13-15-9-7-11-17(25-3)18(15)26-4/h6-12,20H,5,13H2,1-4H3. The van der Waals surface area contributed by atoms with Crippen LogP contribution in [0.4, 0.5) is 0 Å². The number of benzene rings is 2. The molecule has 7 nitrogen and oxygen atoms in total. The maximum atomic E-state index is 12.8. The Bertz CT molecular complexity index is 912. The van der Waals surface area contributed by atoms with E-state index in [0.717, 1.165) is 5.56 Å². The normalized spacial score (nSPS) is 11.1. The molecule has 0 aliphatic heterocycles. The summed E-state index contributed by atoms with van der Waals surface area (Å²) >= 11 is 0. The molecule has 0 aliphatic carbocycles. The molecule has 0 aliphatic rings. The summed E-state index contributed by atoms with van der Waals surface area (Å²) in [6, 6.07) is 11.4. The van der Waals surface area contributed by atoms with Gasteiger partial charge in [-0.2, -0.15) is 0 Å². The molecule has 8 heteroatoms. The number of hydrogen-bond acceptors (Lipinski definition) is 5. The van der Waals surface area contributed by atoms with E-state index in [4.69, 9.17) is 9.47 Å². The average Bonchev–Trinajstić information content (AvgIpc) is 2.67. The lowest BCUT2D eigenvalue weighted by molar-refractivity contribution is 0.0783. The Labute approximate surface area is 160 Å². The molecule has 1 N–H and O–H groups in total. The highest BCUT2D eigenvalue weighted by molar-refractivity contribution is 7.89. The summed E-state index contributed by atoms with van der Waals surface area (Å²) in [5.41, 5.74) is 1.07. The number of nitrogens with one attached hydrogen (secondary N) is 1. The molecule has 146 valence electrons. The maximum Gasteiger partial charge on any atom is 0.253 e. The van der Waals surface area contributed by atoms with Gasteiger partial charge in [0.05, 0.1) is 19.1 Å². The second kappa shape index (κ2) is 8.88. The fraction of sp³-hybridized carbons (Fsp3) is 0.316. The third-order valence-corrected chi connectivity index (χ3v) is 5.51. The van der Waals surface area contributed by atoms with Crippen molar-refractivity contribution in [2.24, 2.45) is 0 Å². The highest BCUT2D eigenvalue weighted by atomic mass is 32.2. The van der Waals surface area contributed by atoms with Crippen molar-refractivity contribution in [2.45, 2.75) is 18.4 Å². The second-order valence-electron chi connectivity index (χ2n) is 5.84. The fourth-order valence-corrected chi connectivity index (χ4v) is 3.78. The van der Waals surface area contributed by atoms with Gasteiger partial charge >= 0.3 is 0 Å². The van der Waals surface area contributed by atoms with Gasteiger partial charge in [0.15, 0.2) is 11.5 Å². The van der Waals surface area contributed by atoms with E-state index in [1.54, 1.807) is 39.3 Å². The molecule has 0 fully saturated rings. The molecule has 27 heavy (non-hydrogen) atoms. The van der Waals surface area contributed by atoms with Crippen LogP contribution in [0.1, 0.15) is 22.8 Å². The number of rotatable bonds is 8. The van der Waals surface area contributed by atoms with E-state index < -0.39 is 10.0 Å². The van der Waals surface area contributed by atoms with Crippen LogP contribution in [-0.2, 0) is 16.6 Å². The molecule has 0 saturated heterocycles. The lowest BCUT2D eigenvalue weighted by Gasteiger charge is -2.20. The molecule has 2 rings (SSSR count). The van der Waals surface area contributed by atoms with Gasteiger partial charge in [-0.3, -0.25) is 4.79 Å². The van der Waals surface area contributed by atoms with Crippen molar-refractivity contribution in [3.8, 4) is 11.5 Å². The number of carbonyl (C=O) groups is 1. The van der Waals surface area contributed by atoms with Gasteiger partial charge in [-0.15, -0.1) is 0 Å². The largest absolute Gasteiger partial charge is 0.493 e. The molecule has 2 aromatic carbocycles. The lowest BCUT2D eigenvalue weighted by Crippen LogP contribution is -2.27. The molecule has 0 heterocycles. The molecule has 0 radical (unpaired) electrons. The molecule has 1 amide bonds. The summed E-state index contributed by atoms with van der Waals surface area (Å²) in [5, 5.41) is 0. The Morgan fingerprint density at radius 1 is 1.11 bits per heavy atom. The summed E-state index contributed by atoms with van der Waals surface area (Å²) in [6.07, 6.45) is 0. The number of nitrogens with zero attached hydrogens (tertiary/aromatic N) is 1. The third kappa shape index (κ3) is 4.78. The fourth-order valence-electron chi connectivity index (χ4n) is 2.70. The zero-order valence-electron chi connectivity index (χ0n) is 15.9. The number of amides is 1. The van der Waals surface area contributed by atoms with Gasteiger partial charge in [0.2, 0.25) is 10.0 Å². The number of hydrogen-bond donors (Lipinski definition) is 1. The summed E-state index contributed by atoms with van der Waals surface area (Å²) in [7, 11) is 1.11. The van der Waals surface area contributed by atoms with Gasteiger partial charge < -0.3 is 14.4 Å². The van der Waals surface area contributed by atoms with E-state index >= 15 is 0 Å². The van der Waals surface area contributed by atoms with Gasteiger partial charge in [-0.25, -0.2) is 13.1 Å². The smallest absolute Gasteiger partial charge is 0.253 e. The summed E-state index contributed by atoms with van der Waals surface area (Å²) in [4.78, 5) is 14.3. The summed E-state index contributed by atoms with van der Waals surface area (Å²) in [5.74, 6) is 0.839. The molecular weight excluding hydrogens is 368 g/mol. The highest BCUT2D eigenvalue weighted by Gasteiger charge is 2.19. The molecule has 0 atom stereocenters. The van der Waals surface area contributed by atoms with Crippen molar-refractivity contribution in [1.29, 1.82) is 0 Å². The van der Waals surface area contributed by atoms with Crippen molar-refractivity contribution in [3.63, 3.8) is 0 Å². The lowest BCUT2D eigenvalue weighted by atomic mass is 10.1. The van der Waals surface area contributed by atoms with E-state index in [0.29, 0.717) is 17.1 Å². The minimum Gasteiger partial charge on any atom is -0.493 e. The van der Waals surface area contributed by atoms with Crippen LogP contribution < -0.4 is 14.2 Å². The van der Waals surface area contributed by atoms with E-state index in [2.05, 4.69) is 4.72 Å². The van der Waals surface area contributed by atoms with Crippen molar-refractivity contribution in [3.05, 3.63) is 53.6 Å². The van der Waals surface area contributed by atoms with Crippen LogP contribution in [-0.4, -0.2) is 47.0 Å². The predicted octanol–water partition coefficient (Wildman–Crippen LogP) is 2.27. The summed E-state index contributed by atoms with van der Waals surface area (Å²) in [6.45, 7) is 2.25. The highest BCUT2D eigenvalue weighted by Crippen LogP contribution is 2.31. The molecule has 0 unspecified atom stereocenters. The minimum atomic E-state index is -3.63. The minimum absolute atomic E-state index is 0.0579. The first-order chi connectivity index (χ1) is 12.8. The Kier molecular flexibility index (Phi) is 6.81. The van der Waals surface area contributed by atoms with E-state index in [-0.39, 0.29) is 23.9 Å². The quantitative estimate of drug-likeness (QED) is 0.745. The third-order valence-electron chi connectivity index (χ3n) is 3.96. The predicted molar refractivity (Wildman–Crippen MR) is 103 cm³/mol. The number of sulfonamides is 1. The monoisotopic (exact) mass is 392 g/mol. The number of carbonyl (C=O) groups excluding carboxylic acids is 1. The number of para-hydroxylation sites is 1. The van der Waals surface area contributed by atoms with Crippen LogP contribution in [0.15, 0.2) is 47.4 Å². The Hall–Kier alpha value is -2.58. The molecule has 0 bridgehead atoms. The van der Waals surface area contributed by atoms with E-state index in [1.807, 2.05) is 12.1 Å². The van der Waals surface area contributed by atoms with Crippen molar-refractivity contribution < 1.29 is 22.7 Å². The van der Waals surface area contributed by atoms with Crippen molar-refractivity contribution in [1.82, 2.24) is 9.62 Å². The first-order valence-corrected chi connectivity index (χ1v) is 9.87. The maximum absolute atomic E-state index is 12.8. The van der Waals surface area contributed by atoms with Crippen LogP contribution >= 0.6 is 0 Å². The van der Waals surface area contributed by atoms with Crippen LogP contribution in [0.3, 0.4) is 0 Å². The van der Waals surface area contributed by atoms with Crippen molar-refractivity contribution in [2.75, 3.05) is 27.8 Å². The van der Waals surface area contributed by atoms with Gasteiger partial charge in [-0.1, -0.05) is 25.1 Å². The zero-order chi connectivity index (χ0) is 20.0. The average molecular weight is 392 g/mol. The van der Waals surface area contributed by atoms with Gasteiger partial charge in [0.1, 0.15) is 0 Å². The summed E-state index contributed by atoms with van der Waals surface area (Å²) < 4.78 is 37.4. The van der Waals surface area contributed by atoms with E-state index in [1.165, 1.54) is 24.1 Å². The zero-order valence-corrected chi connectivity index (χ0v) is 16.7. The van der Waals surface area contributed by atoms with Gasteiger partial charge in [0.25, 0.3) is 5.91 Å². The van der Waals surface area contributed by atoms with Crippen LogP contribution in [0.2, 0.25) is 0 Å². The number of methoxy groups -OCH3 is 2.